The minimum absolute atomic E-state index is 0.0571. The van der Waals surface area contributed by atoms with Crippen molar-refractivity contribution in [2.45, 2.75) is 39.3 Å². The molecule has 0 radical (unpaired) electrons. The first kappa shape index (κ1) is 25.3. The quantitative estimate of drug-likeness (QED) is 0.246. The summed E-state index contributed by atoms with van der Waals surface area (Å²) in [6, 6.07) is 6.25. The number of aromatic nitrogens is 3. The minimum atomic E-state index is -2.78. The highest BCUT2D eigenvalue weighted by molar-refractivity contribution is 6.08. The SMILES string of the molecule is CC(C)(C)N/C=C(\N)C(=O)NCc1ccc(-c2ncnn3cc(/C(C=N)=C/N)cc23)cc1C(F)F. The van der Waals surface area contributed by atoms with Gasteiger partial charge in [-0.2, -0.15) is 5.10 Å². The number of amides is 1. The first-order chi connectivity index (χ1) is 16.5. The fraction of sp³-hybridized carbons (Fsp3) is 0.250. The minimum Gasteiger partial charge on any atom is -0.404 e. The number of halogens is 2. The molecule has 0 bridgehead atoms. The number of nitrogens with one attached hydrogen (secondary N) is 3. The highest BCUT2D eigenvalue weighted by Crippen LogP contribution is 2.31. The summed E-state index contributed by atoms with van der Waals surface area (Å²) in [7, 11) is 0. The van der Waals surface area contributed by atoms with E-state index in [-0.39, 0.29) is 28.9 Å². The van der Waals surface area contributed by atoms with Crippen molar-refractivity contribution in [1.29, 1.82) is 5.41 Å². The van der Waals surface area contributed by atoms with E-state index in [9.17, 15) is 13.6 Å². The van der Waals surface area contributed by atoms with E-state index in [0.29, 0.717) is 27.9 Å². The molecule has 35 heavy (non-hydrogen) atoms. The Morgan fingerprint density at radius 1 is 1.29 bits per heavy atom. The Kier molecular flexibility index (Phi) is 7.48. The van der Waals surface area contributed by atoms with Gasteiger partial charge in [0.05, 0.1) is 11.2 Å². The van der Waals surface area contributed by atoms with Gasteiger partial charge < -0.3 is 27.5 Å². The molecular formula is C24H28F2N8O. The molecule has 9 nitrogen and oxygen atoms in total. The fourth-order valence-electron chi connectivity index (χ4n) is 3.28. The maximum Gasteiger partial charge on any atom is 0.268 e. The molecule has 0 aliphatic rings. The number of rotatable bonds is 8. The van der Waals surface area contributed by atoms with Crippen LogP contribution >= 0.6 is 0 Å². The molecule has 0 fully saturated rings. The largest absolute Gasteiger partial charge is 0.404 e. The van der Waals surface area contributed by atoms with Gasteiger partial charge in [-0.3, -0.25) is 4.79 Å². The number of allylic oxidation sites excluding steroid dienone is 1. The second-order valence-corrected chi connectivity index (χ2v) is 8.82. The molecule has 1 amide bonds. The van der Waals surface area contributed by atoms with Gasteiger partial charge in [0.25, 0.3) is 12.3 Å². The summed E-state index contributed by atoms with van der Waals surface area (Å²) in [5.74, 6) is -0.570. The molecule has 7 N–H and O–H groups in total. The number of nitrogens with zero attached hydrogens (tertiary/aromatic N) is 3. The number of hydrogen-bond donors (Lipinski definition) is 5. The number of carbonyl (C=O) groups is 1. The summed E-state index contributed by atoms with van der Waals surface area (Å²) in [6.45, 7) is 5.61. The van der Waals surface area contributed by atoms with Crippen molar-refractivity contribution in [3.63, 3.8) is 0 Å². The Labute approximate surface area is 201 Å². The van der Waals surface area contributed by atoms with E-state index in [1.54, 1.807) is 22.8 Å². The summed E-state index contributed by atoms with van der Waals surface area (Å²) in [6.07, 6.45) is 4.02. The van der Waals surface area contributed by atoms with Crippen LogP contribution in [0.25, 0.3) is 22.3 Å². The zero-order chi connectivity index (χ0) is 25.8. The summed E-state index contributed by atoms with van der Waals surface area (Å²) < 4.78 is 29.4. The fourth-order valence-corrected chi connectivity index (χ4v) is 3.28. The van der Waals surface area contributed by atoms with E-state index in [1.165, 1.54) is 30.9 Å². The zero-order valence-electron chi connectivity index (χ0n) is 19.6. The average Bonchev–Trinajstić information content (AvgIpc) is 3.25. The second-order valence-electron chi connectivity index (χ2n) is 8.82. The van der Waals surface area contributed by atoms with Gasteiger partial charge in [-0.15, -0.1) is 0 Å². The predicted octanol–water partition coefficient (Wildman–Crippen LogP) is 3.09. The standard InChI is InChI=1S/C24H28F2N8O/c1-24(2,3)32-11-19(29)23(35)30-10-15-5-4-14(6-18(15)22(25)26)21-20-7-16(17(8-27)9-28)12-34(20)33-13-31-21/h4-9,11-13,22,27,32H,10,28-29H2,1-3H3,(H,30,35)/b17-9+,19-11-,27-8?. The van der Waals surface area contributed by atoms with Crippen LogP contribution in [0.4, 0.5) is 8.78 Å². The van der Waals surface area contributed by atoms with E-state index in [0.717, 1.165) is 6.21 Å². The third-order valence-electron chi connectivity index (χ3n) is 5.09. The highest BCUT2D eigenvalue weighted by Gasteiger charge is 2.18. The number of carbonyl (C=O) groups excluding carboxylic acids is 1. The monoisotopic (exact) mass is 482 g/mol. The molecule has 0 saturated heterocycles. The van der Waals surface area contributed by atoms with Crippen LogP contribution in [0, 0.1) is 5.41 Å². The lowest BCUT2D eigenvalue weighted by Crippen LogP contribution is -2.35. The molecule has 2 heterocycles. The van der Waals surface area contributed by atoms with Gasteiger partial charge in [-0.1, -0.05) is 12.1 Å². The van der Waals surface area contributed by atoms with Crippen molar-refractivity contribution in [2.24, 2.45) is 11.5 Å². The van der Waals surface area contributed by atoms with Gasteiger partial charge >= 0.3 is 0 Å². The summed E-state index contributed by atoms with van der Waals surface area (Å²) in [5, 5.41) is 17.2. The van der Waals surface area contributed by atoms with Gasteiger partial charge in [0, 0.05) is 59.2 Å². The number of benzene rings is 1. The van der Waals surface area contributed by atoms with Crippen molar-refractivity contribution in [2.75, 3.05) is 0 Å². The van der Waals surface area contributed by atoms with Crippen LogP contribution in [0.1, 0.15) is 43.9 Å². The van der Waals surface area contributed by atoms with Crippen LogP contribution in [-0.4, -0.2) is 32.3 Å². The summed E-state index contributed by atoms with van der Waals surface area (Å²) in [4.78, 5) is 16.6. The van der Waals surface area contributed by atoms with Crippen molar-refractivity contribution in [1.82, 2.24) is 25.2 Å². The molecule has 3 rings (SSSR count). The second kappa shape index (κ2) is 10.3. The lowest BCUT2D eigenvalue weighted by molar-refractivity contribution is -0.117. The Morgan fingerprint density at radius 2 is 2.03 bits per heavy atom. The molecule has 3 aromatic rings. The molecule has 2 aromatic heterocycles. The van der Waals surface area contributed by atoms with E-state index in [4.69, 9.17) is 16.9 Å². The Balaban J connectivity index is 1.90. The van der Waals surface area contributed by atoms with Gasteiger partial charge in [0.1, 0.15) is 12.0 Å². The van der Waals surface area contributed by atoms with Crippen molar-refractivity contribution in [3.05, 3.63) is 71.6 Å². The first-order valence-electron chi connectivity index (χ1n) is 10.7. The first-order valence-corrected chi connectivity index (χ1v) is 10.7. The molecular weight excluding hydrogens is 454 g/mol. The molecule has 0 spiro atoms. The summed E-state index contributed by atoms with van der Waals surface area (Å²) >= 11 is 0. The molecule has 0 atom stereocenters. The lowest BCUT2D eigenvalue weighted by Gasteiger charge is -2.19. The normalized spacial score (nSPS) is 12.7. The zero-order valence-corrected chi connectivity index (χ0v) is 19.6. The molecule has 0 aliphatic heterocycles. The molecule has 11 heteroatoms. The third kappa shape index (κ3) is 5.99. The lowest BCUT2D eigenvalue weighted by atomic mass is 10.0. The molecule has 0 unspecified atom stereocenters. The molecule has 1 aromatic carbocycles. The van der Waals surface area contributed by atoms with E-state index in [2.05, 4.69) is 20.7 Å². The number of alkyl halides is 2. The predicted molar refractivity (Wildman–Crippen MR) is 131 cm³/mol. The molecule has 0 saturated carbocycles. The van der Waals surface area contributed by atoms with Crippen LogP contribution in [0.15, 0.2) is 54.9 Å². The average molecular weight is 483 g/mol. The van der Waals surface area contributed by atoms with Gasteiger partial charge in [-0.25, -0.2) is 18.3 Å². The molecule has 0 aliphatic carbocycles. The Morgan fingerprint density at radius 3 is 2.66 bits per heavy atom. The van der Waals surface area contributed by atoms with Crippen LogP contribution in [0.3, 0.4) is 0 Å². The van der Waals surface area contributed by atoms with Crippen LogP contribution in [0.2, 0.25) is 0 Å². The number of nitrogens with two attached hydrogens (primary N) is 2. The number of fused-ring (bicyclic) bond motifs is 1. The maximum atomic E-state index is 13.9. The maximum absolute atomic E-state index is 13.9. The van der Waals surface area contributed by atoms with Crippen molar-refractivity contribution < 1.29 is 13.6 Å². The van der Waals surface area contributed by atoms with Crippen LogP contribution in [0.5, 0.6) is 0 Å². The third-order valence-corrected chi connectivity index (χ3v) is 5.09. The van der Waals surface area contributed by atoms with E-state index < -0.39 is 12.3 Å². The topological polar surface area (TPSA) is 147 Å². The van der Waals surface area contributed by atoms with E-state index in [1.807, 2.05) is 20.8 Å². The Hall–Kier alpha value is -4.28. The molecule has 184 valence electrons. The van der Waals surface area contributed by atoms with Gasteiger partial charge in [0.15, 0.2) is 0 Å². The van der Waals surface area contributed by atoms with Gasteiger partial charge in [0.2, 0.25) is 0 Å². The van der Waals surface area contributed by atoms with Crippen LogP contribution < -0.4 is 22.1 Å². The van der Waals surface area contributed by atoms with Gasteiger partial charge in [-0.05, 0) is 38.5 Å². The van der Waals surface area contributed by atoms with E-state index >= 15 is 0 Å². The highest BCUT2D eigenvalue weighted by atomic mass is 19.3. The van der Waals surface area contributed by atoms with Crippen molar-refractivity contribution >= 4 is 23.2 Å². The number of hydrogen-bond acceptors (Lipinski definition) is 7. The summed E-state index contributed by atoms with van der Waals surface area (Å²) in [5.41, 5.74) is 13.6. The Bertz CT molecular complexity index is 1300. The smallest absolute Gasteiger partial charge is 0.268 e. The van der Waals surface area contributed by atoms with Crippen molar-refractivity contribution in [3.8, 4) is 11.3 Å². The van der Waals surface area contributed by atoms with Crippen LogP contribution in [-0.2, 0) is 11.3 Å².